The molecule has 0 radical (unpaired) electrons. The Hall–Kier alpha value is -0.880. The van der Waals surface area contributed by atoms with E-state index in [1.54, 1.807) is 11.9 Å². The van der Waals surface area contributed by atoms with E-state index in [-0.39, 0.29) is 11.9 Å². The molecule has 1 amide bonds. The highest BCUT2D eigenvalue weighted by Gasteiger charge is 2.37. The number of amides is 1. The van der Waals surface area contributed by atoms with Crippen molar-refractivity contribution in [2.24, 2.45) is 0 Å². The zero-order valence-corrected chi connectivity index (χ0v) is 13.8. The summed E-state index contributed by atoms with van der Waals surface area (Å²) in [6.45, 7) is 1.91. The minimum atomic E-state index is -3.12. The van der Waals surface area contributed by atoms with Crippen molar-refractivity contribution in [3.63, 3.8) is 0 Å². The van der Waals surface area contributed by atoms with Crippen LogP contribution in [0.4, 0.5) is 0 Å². The number of sulfone groups is 1. The van der Waals surface area contributed by atoms with Gasteiger partial charge in [-0.15, -0.1) is 0 Å². The van der Waals surface area contributed by atoms with E-state index in [0.29, 0.717) is 12.0 Å². The Morgan fingerprint density at radius 1 is 1.30 bits per heavy atom. The van der Waals surface area contributed by atoms with E-state index in [9.17, 15) is 13.2 Å². The lowest BCUT2D eigenvalue weighted by molar-refractivity contribution is 0.0700. The smallest absolute Gasteiger partial charge is 0.254 e. The zero-order valence-electron chi connectivity index (χ0n) is 12.1. The van der Waals surface area contributed by atoms with Crippen molar-refractivity contribution in [3.8, 4) is 0 Å². The molecular weight excluding hydrogens is 294 g/mol. The van der Waals surface area contributed by atoms with E-state index in [4.69, 9.17) is 0 Å². The van der Waals surface area contributed by atoms with Gasteiger partial charge in [0.2, 0.25) is 0 Å². The van der Waals surface area contributed by atoms with Gasteiger partial charge in [-0.1, -0.05) is 12.8 Å². The van der Waals surface area contributed by atoms with E-state index in [1.807, 2.05) is 17.7 Å². The van der Waals surface area contributed by atoms with Gasteiger partial charge in [0, 0.05) is 24.7 Å². The van der Waals surface area contributed by atoms with Crippen LogP contribution in [-0.2, 0) is 9.84 Å². The largest absolute Gasteiger partial charge is 0.337 e. The van der Waals surface area contributed by atoms with Crippen LogP contribution >= 0.6 is 11.3 Å². The molecule has 0 unspecified atom stereocenters. The van der Waals surface area contributed by atoms with Crippen molar-refractivity contribution in [2.75, 3.05) is 13.3 Å². The monoisotopic (exact) mass is 315 g/mol. The van der Waals surface area contributed by atoms with Crippen molar-refractivity contribution >= 4 is 27.1 Å². The molecule has 112 valence electrons. The van der Waals surface area contributed by atoms with Gasteiger partial charge in [0.25, 0.3) is 5.91 Å². The number of aryl methyl sites for hydroxylation is 1. The minimum absolute atomic E-state index is 0.0655. The van der Waals surface area contributed by atoms with E-state index in [0.717, 1.165) is 24.8 Å². The molecule has 6 heteroatoms. The van der Waals surface area contributed by atoms with Gasteiger partial charge in [-0.2, -0.15) is 11.3 Å². The molecule has 1 fully saturated rings. The van der Waals surface area contributed by atoms with Gasteiger partial charge in [0.15, 0.2) is 9.84 Å². The molecule has 1 aliphatic carbocycles. The highest BCUT2D eigenvalue weighted by molar-refractivity contribution is 7.91. The van der Waals surface area contributed by atoms with Crippen LogP contribution in [0.3, 0.4) is 0 Å². The van der Waals surface area contributed by atoms with Gasteiger partial charge in [-0.05, 0) is 30.7 Å². The molecule has 0 N–H and O–H groups in total. The van der Waals surface area contributed by atoms with Crippen LogP contribution < -0.4 is 0 Å². The molecule has 4 nitrogen and oxygen atoms in total. The molecule has 0 saturated heterocycles. The lowest BCUT2D eigenvalue weighted by Gasteiger charge is -2.37. The number of rotatable bonds is 3. The van der Waals surface area contributed by atoms with Gasteiger partial charge in [-0.3, -0.25) is 4.79 Å². The maximum atomic E-state index is 12.5. The van der Waals surface area contributed by atoms with Gasteiger partial charge in [0.05, 0.1) is 10.8 Å². The van der Waals surface area contributed by atoms with Gasteiger partial charge in [0.1, 0.15) is 0 Å². The molecule has 0 aromatic carbocycles. The second kappa shape index (κ2) is 5.85. The number of hydrogen-bond acceptors (Lipinski definition) is 4. The second-order valence-corrected chi connectivity index (χ2v) is 8.61. The van der Waals surface area contributed by atoms with Gasteiger partial charge < -0.3 is 4.90 Å². The Morgan fingerprint density at radius 2 is 1.95 bits per heavy atom. The highest BCUT2D eigenvalue weighted by atomic mass is 32.2. The molecule has 2 rings (SSSR count). The fraction of sp³-hybridized carbons (Fsp3) is 0.643. The number of hydrogen-bond donors (Lipinski definition) is 0. The summed E-state index contributed by atoms with van der Waals surface area (Å²) in [5, 5.41) is 3.35. The molecule has 1 aromatic rings. The van der Waals surface area contributed by atoms with Crippen molar-refractivity contribution < 1.29 is 13.2 Å². The summed E-state index contributed by atoms with van der Waals surface area (Å²) in [7, 11) is -1.39. The van der Waals surface area contributed by atoms with Crippen LogP contribution in [0.25, 0.3) is 0 Å². The Bertz CT molecular complexity index is 591. The average molecular weight is 315 g/mol. The van der Waals surface area contributed by atoms with Crippen molar-refractivity contribution in [1.29, 1.82) is 0 Å². The van der Waals surface area contributed by atoms with Crippen LogP contribution in [0.15, 0.2) is 10.8 Å². The first-order valence-corrected chi connectivity index (χ1v) is 9.71. The van der Waals surface area contributed by atoms with Crippen LogP contribution in [-0.4, -0.2) is 43.8 Å². The van der Waals surface area contributed by atoms with E-state index < -0.39 is 15.1 Å². The Balaban J connectivity index is 2.24. The molecule has 2 atom stereocenters. The molecule has 1 heterocycles. The summed E-state index contributed by atoms with van der Waals surface area (Å²) in [4.78, 5) is 14.2. The third-order valence-electron chi connectivity index (χ3n) is 4.12. The maximum absolute atomic E-state index is 12.5. The lowest BCUT2D eigenvalue weighted by atomic mass is 9.93. The van der Waals surface area contributed by atoms with Crippen LogP contribution in [0, 0.1) is 6.92 Å². The SMILES string of the molecule is Cc1cscc1C(=O)N(C)[C@@H]1CCCC[C@H]1S(C)(=O)=O. The standard InChI is InChI=1S/C14H21NO3S2/c1-10-8-19-9-11(10)14(16)15(2)12-6-4-5-7-13(12)20(3,17)18/h8-9,12-13H,4-7H2,1-3H3/t12-,13-/m1/s1. The summed E-state index contributed by atoms with van der Waals surface area (Å²) >= 11 is 1.50. The van der Waals surface area contributed by atoms with E-state index >= 15 is 0 Å². The van der Waals surface area contributed by atoms with Crippen LogP contribution in [0.2, 0.25) is 0 Å². The van der Waals surface area contributed by atoms with Crippen LogP contribution in [0.5, 0.6) is 0 Å². The summed E-state index contributed by atoms with van der Waals surface area (Å²) < 4.78 is 23.9. The number of carbonyl (C=O) groups excluding carboxylic acids is 1. The first kappa shape index (κ1) is 15.5. The number of thiophene rings is 1. The maximum Gasteiger partial charge on any atom is 0.254 e. The molecule has 1 saturated carbocycles. The summed E-state index contributed by atoms with van der Waals surface area (Å²) in [5.74, 6) is -0.0655. The van der Waals surface area contributed by atoms with E-state index in [1.165, 1.54) is 17.6 Å². The fourth-order valence-electron chi connectivity index (χ4n) is 2.94. The summed E-state index contributed by atoms with van der Waals surface area (Å²) in [5.41, 5.74) is 1.65. The Morgan fingerprint density at radius 3 is 2.50 bits per heavy atom. The normalized spacial score (nSPS) is 23.6. The molecule has 0 aliphatic heterocycles. The molecule has 1 aliphatic rings. The first-order chi connectivity index (χ1) is 9.32. The molecule has 20 heavy (non-hydrogen) atoms. The van der Waals surface area contributed by atoms with E-state index in [2.05, 4.69) is 0 Å². The molecular formula is C14H21NO3S2. The summed E-state index contributed by atoms with van der Waals surface area (Å²) in [6, 6.07) is -0.203. The number of carbonyl (C=O) groups is 1. The zero-order chi connectivity index (χ0) is 14.9. The van der Waals surface area contributed by atoms with Crippen molar-refractivity contribution in [2.45, 2.75) is 43.9 Å². The van der Waals surface area contributed by atoms with Gasteiger partial charge in [-0.25, -0.2) is 8.42 Å². The topological polar surface area (TPSA) is 54.5 Å². The predicted octanol–water partition coefficient (Wildman–Crippen LogP) is 2.48. The third-order valence-corrected chi connectivity index (χ3v) is 6.63. The second-order valence-electron chi connectivity index (χ2n) is 5.60. The van der Waals surface area contributed by atoms with Crippen molar-refractivity contribution in [3.05, 3.63) is 21.9 Å². The van der Waals surface area contributed by atoms with Crippen LogP contribution in [0.1, 0.15) is 41.6 Å². The van der Waals surface area contributed by atoms with Crippen molar-refractivity contribution in [1.82, 2.24) is 4.90 Å². The van der Waals surface area contributed by atoms with Gasteiger partial charge >= 0.3 is 0 Å². The highest BCUT2D eigenvalue weighted by Crippen LogP contribution is 2.29. The Labute approximate surface area is 124 Å². The Kier molecular flexibility index (Phi) is 4.54. The predicted molar refractivity (Wildman–Crippen MR) is 82.0 cm³/mol. The molecule has 0 spiro atoms. The number of nitrogens with zero attached hydrogens (tertiary/aromatic N) is 1. The minimum Gasteiger partial charge on any atom is -0.337 e. The summed E-state index contributed by atoms with van der Waals surface area (Å²) in [6.07, 6.45) is 4.61. The average Bonchev–Trinajstić information content (AvgIpc) is 2.82. The lowest BCUT2D eigenvalue weighted by Crippen LogP contribution is -2.49. The quantitative estimate of drug-likeness (QED) is 0.861. The first-order valence-electron chi connectivity index (χ1n) is 6.81. The molecule has 0 bridgehead atoms. The molecule has 1 aromatic heterocycles. The third kappa shape index (κ3) is 3.06. The fourth-order valence-corrected chi connectivity index (χ4v) is 5.25.